The molecule has 0 aliphatic rings. The molecule has 0 radical (unpaired) electrons. The summed E-state index contributed by atoms with van der Waals surface area (Å²) in [4.78, 5) is 0. The highest BCUT2D eigenvalue weighted by Crippen LogP contribution is 2.19. The second-order valence-electron chi connectivity index (χ2n) is 5.84. The van der Waals surface area contributed by atoms with E-state index < -0.39 is 0 Å². The molecule has 1 nitrogen and oxygen atoms in total. The van der Waals surface area contributed by atoms with Crippen molar-refractivity contribution in [1.82, 2.24) is 5.32 Å². The maximum absolute atomic E-state index is 3.49. The minimum Gasteiger partial charge on any atom is -0.312 e. The van der Waals surface area contributed by atoms with E-state index in [1.165, 1.54) is 12.8 Å². The van der Waals surface area contributed by atoms with Gasteiger partial charge in [0, 0.05) is 5.54 Å². The highest BCUT2D eigenvalue weighted by molar-refractivity contribution is 4.71. The van der Waals surface area contributed by atoms with E-state index in [0.717, 1.165) is 6.54 Å². The van der Waals surface area contributed by atoms with Crippen LogP contribution in [-0.4, -0.2) is 12.1 Å². The topological polar surface area (TPSA) is 12.0 Å². The summed E-state index contributed by atoms with van der Waals surface area (Å²) in [6.45, 7) is 14.7. The van der Waals surface area contributed by atoms with E-state index in [4.69, 9.17) is 0 Å². The molecule has 0 rings (SSSR count). The van der Waals surface area contributed by atoms with E-state index >= 15 is 0 Å². The zero-order valence-corrected chi connectivity index (χ0v) is 9.62. The molecule has 74 valence electrons. The maximum atomic E-state index is 3.49. The first kappa shape index (κ1) is 12.0. The Balaban J connectivity index is 3.35. The molecule has 0 fully saturated rings. The average Bonchev–Trinajstić information content (AvgIpc) is 1.76. The molecule has 1 N–H and O–H groups in total. The summed E-state index contributed by atoms with van der Waals surface area (Å²) in [6.07, 6.45) is 2.58. The fraction of sp³-hybridized carbons (Fsp3) is 1.00. The molecule has 0 amide bonds. The molecular weight excluding hydrogens is 146 g/mol. The Morgan fingerprint density at radius 3 is 1.75 bits per heavy atom. The first-order chi connectivity index (χ1) is 5.21. The number of rotatable bonds is 3. The van der Waals surface area contributed by atoms with Gasteiger partial charge in [-0.25, -0.2) is 0 Å². The average molecular weight is 171 g/mol. The van der Waals surface area contributed by atoms with Gasteiger partial charge in [0.1, 0.15) is 0 Å². The highest BCUT2D eigenvalue weighted by Gasteiger charge is 2.11. The second-order valence-corrected chi connectivity index (χ2v) is 5.84. The Morgan fingerprint density at radius 1 is 0.917 bits per heavy atom. The molecule has 0 spiro atoms. The van der Waals surface area contributed by atoms with Crippen molar-refractivity contribution in [3.05, 3.63) is 0 Å². The van der Waals surface area contributed by atoms with Crippen LogP contribution in [0.15, 0.2) is 0 Å². The van der Waals surface area contributed by atoms with Crippen molar-refractivity contribution in [1.29, 1.82) is 0 Å². The lowest BCUT2D eigenvalue weighted by molar-refractivity contribution is 0.341. The predicted octanol–water partition coefficient (Wildman–Crippen LogP) is 3.20. The van der Waals surface area contributed by atoms with Crippen LogP contribution in [0.5, 0.6) is 0 Å². The smallest absolute Gasteiger partial charge is 0.00965 e. The standard InChI is InChI=1S/C11H25N/c1-10(2,3)8-7-9-12-11(4,5)6/h12H,7-9H2,1-6H3. The normalized spacial score (nSPS) is 13.5. The third-order valence-electron chi connectivity index (χ3n) is 1.76. The van der Waals surface area contributed by atoms with E-state index in [1.807, 2.05) is 0 Å². The van der Waals surface area contributed by atoms with Crippen molar-refractivity contribution in [2.45, 2.75) is 59.9 Å². The van der Waals surface area contributed by atoms with Crippen LogP contribution in [0.4, 0.5) is 0 Å². The molecule has 0 atom stereocenters. The van der Waals surface area contributed by atoms with Gasteiger partial charge in [0.2, 0.25) is 0 Å². The van der Waals surface area contributed by atoms with E-state index in [-0.39, 0.29) is 5.54 Å². The molecule has 0 bridgehead atoms. The van der Waals surface area contributed by atoms with Gasteiger partial charge < -0.3 is 5.32 Å². The monoisotopic (exact) mass is 171 g/mol. The second kappa shape index (κ2) is 4.27. The highest BCUT2D eigenvalue weighted by atomic mass is 14.9. The largest absolute Gasteiger partial charge is 0.312 e. The quantitative estimate of drug-likeness (QED) is 0.643. The Kier molecular flexibility index (Phi) is 4.25. The summed E-state index contributed by atoms with van der Waals surface area (Å²) in [5.74, 6) is 0. The zero-order valence-electron chi connectivity index (χ0n) is 9.62. The maximum Gasteiger partial charge on any atom is 0.00965 e. The van der Waals surface area contributed by atoms with Crippen LogP contribution in [0, 0.1) is 5.41 Å². The molecule has 0 saturated heterocycles. The predicted molar refractivity (Wildman–Crippen MR) is 56.4 cm³/mol. The molecular formula is C11H25N. The Morgan fingerprint density at radius 2 is 1.42 bits per heavy atom. The van der Waals surface area contributed by atoms with E-state index in [2.05, 4.69) is 46.9 Å². The molecule has 0 aliphatic carbocycles. The van der Waals surface area contributed by atoms with Crippen LogP contribution in [0.2, 0.25) is 0 Å². The van der Waals surface area contributed by atoms with Crippen molar-refractivity contribution in [3.8, 4) is 0 Å². The number of nitrogens with one attached hydrogen (secondary N) is 1. The molecule has 1 heteroatoms. The van der Waals surface area contributed by atoms with E-state index in [9.17, 15) is 0 Å². The summed E-state index contributed by atoms with van der Waals surface area (Å²) in [5.41, 5.74) is 0.761. The van der Waals surface area contributed by atoms with Crippen LogP contribution >= 0.6 is 0 Å². The van der Waals surface area contributed by atoms with Crippen LogP contribution < -0.4 is 5.32 Å². The third kappa shape index (κ3) is 9.96. The minimum atomic E-state index is 0.276. The third-order valence-corrected chi connectivity index (χ3v) is 1.76. The Hall–Kier alpha value is -0.0400. The zero-order chi connectivity index (χ0) is 9.83. The Labute approximate surface area is 77.9 Å². The van der Waals surface area contributed by atoms with Gasteiger partial charge in [-0.1, -0.05) is 20.8 Å². The summed E-state index contributed by atoms with van der Waals surface area (Å²) >= 11 is 0. The van der Waals surface area contributed by atoms with Crippen molar-refractivity contribution in [3.63, 3.8) is 0 Å². The van der Waals surface area contributed by atoms with Crippen molar-refractivity contribution < 1.29 is 0 Å². The first-order valence-corrected chi connectivity index (χ1v) is 4.96. The molecule has 0 saturated carbocycles. The van der Waals surface area contributed by atoms with E-state index in [1.54, 1.807) is 0 Å². The minimum absolute atomic E-state index is 0.276. The molecule has 12 heavy (non-hydrogen) atoms. The molecule has 0 aromatic carbocycles. The molecule has 0 aliphatic heterocycles. The molecule has 0 heterocycles. The summed E-state index contributed by atoms with van der Waals surface area (Å²) in [6, 6.07) is 0. The SMILES string of the molecule is CC(C)(C)CCCNC(C)(C)C. The van der Waals surface area contributed by atoms with Crippen molar-refractivity contribution in [2.24, 2.45) is 5.41 Å². The number of hydrogen-bond donors (Lipinski definition) is 1. The van der Waals surface area contributed by atoms with Crippen molar-refractivity contribution in [2.75, 3.05) is 6.54 Å². The summed E-state index contributed by atoms with van der Waals surface area (Å²) < 4.78 is 0. The van der Waals surface area contributed by atoms with Gasteiger partial charge in [0.25, 0.3) is 0 Å². The van der Waals surface area contributed by atoms with Crippen LogP contribution in [0.3, 0.4) is 0 Å². The fourth-order valence-corrected chi connectivity index (χ4v) is 1.08. The van der Waals surface area contributed by atoms with Gasteiger partial charge >= 0.3 is 0 Å². The van der Waals surface area contributed by atoms with Crippen LogP contribution in [0.1, 0.15) is 54.4 Å². The van der Waals surface area contributed by atoms with Gasteiger partial charge in [0.05, 0.1) is 0 Å². The van der Waals surface area contributed by atoms with Crippen LogP contribution in [0.25, 0.3) is 0 Å². The molecule has 0 unspecified atom stereocenters. The fourth-order valence-electron chi connectivity index (χ4n) is 1.08. The lowest BCUT2D eigenvalue weighted by Crippen LogP contribution is -2.36. The van der Waals surface area contributed by atoms with Gasteiger partial charge in [-0.05, 0) is 45.6 Å². The summed E-state index contributed by atoms with van der Waals surface area (Å²) in [7, 11) is 0. The number of hydrogen-bond acceptors (Lipinski definition) is 1. The lowest BCUT2D eigenvalue weighted by atomic mass is 9.90. The van der Waals surface area contributed by atoms with Gasteiger partial charge in [-0.3, -0.25) is 0 Å². The Bertz CT molecular complexity index is 97.9. The first-order valence-electron chi connectivity index (χ1n) is 4.96. The van der Waals surface area contributed by atoms with Crippen molar-refractivity contribution >= 4 is 0 Å². The summed E-state index contributed by atoms with van der Waals surface area (Å²) in [5, 5.41) is 3.49. The molecule has 0 aromatic rings. The van der Waals surface area contributed by atoms with Gasteiger partial charge in [0.15, 0.2) is 0 Å². The molecule has 0 aromatic heterocycles. The van der Waals surface area contributed by atoms with Gasteiger partial charge in [-0.2, -0.15) is 0 Å². The van der Waals surface area contributed by atoms with E-state index in [0.29, 0.717) is 5.41 Å². The van der Waals surface area contributed by atoms with Gasteiger partial charge in [-0.15, -0.1) is 0 Å². The lowest BCUT2D eigenvalue weighted by Gasteiger charge is -2.23. The van der Waals surface area contributed by atoms with Crippen LogP contribution in [-0.2, 0) is 0 Å².